The summed E-state index contributed by atoms with van der Waals surface area (Å²) < 4.78 is 10.6. The summed E-state index contributed by atoms with van der Waals surface area (Å²) in [7, 11) is 0. The first-order valence-electron chi connectivity index (χ1n) is 6.78. The third kappa shape index (κ3) is 3.93. The van der Waals surface area contributed by atoms with Crippen molar-refractivity contribution in [2.75, 3.05) is 26.4 Å². The maximum atomic E-state index is 12.0. The lowest BCUT2D eigenvalue weighted by Gasteiger charge is -2.41. The Kier molecular flexibility index (Phi) is 6.60. The Bertz CT molecular complexity index is 259. The van der Waals surface area contributed by atoms with E-state index in [0.717, 1.165) is 12.8 Å². The summed E-state index contributed by atoms with van der Waals surface area (Å²) in [6, 6.07) is -0.0448. The molecule has 0 aromatic carbocycles. The van der Waals surface area contributed by atoms with Crippen molar-refractivity contribution in [3.05, 3.63) is 0 Å². The van der Waals surface area contributed by atoms with Gasteiger partial charge in [0.2, 0.25) is 0 Å². The summed E-state index contributed by atoms with van der Waals surface area (Å²) in [5.74, 6) is -0.162. The lowest BCUT2D eigenvalue weighted by atomic mass is 10.1. The van der Waals surface area contributed by atoms with Crippen molar-refractivity contribution in [3.63, 3.8) is 0 Å². The van der Waals surface area contributed by atoms with E-state index in [9.17, 15) is 9.90 Å². The second kappa shape index (κ2) is 7.71. The minimum Gasteiger partial charge on any atom is -0.465 e. The van der Waals surface area contributed by atoms with Gasteiger partial charge in [-0.15, -0.1) is 0 Å². The second-order valence-electron chi connectivity index (χ2n) is 4.74. The third-order valence-electron chi connectivity index (χ3n) is 3.28. The monoisotopic (exact) mass is 259 g/mol. The van der Waals surface area contributed by atoms with Crippen molar-refractivity contribution in [1.29, 1.82) is 0 Å². The fourth-order valence-electron chi connectivity index (χ4n) is 2.31. The van der Waals surface area contributed by atoms with E-state index in [0.29, 0.717) is 19.8 Å². The van der Waals surface area contributed by atoms with E-state index >= 15 is 0 Å². The Morgan fingerprint density at radius 3 is 2.83 bits per heavy atom. The van der Waals surface area contributed by atoms with Gasteiger partial charge in [-0.2, -0.15) is 0 Å². The zero-order chi connectivity index (χ0) is 13.5. The molecule has 1 saturated heterocycles. The quantitative estimate of drug-likeness (QED) is 0.715. The van der Waals surface area contributed by atoms with Gasteiger partial charge in [0.05, 0.1) is 25.9 Å². The number of esters is 1. The molecule has 0 radical (unpaired) electrons. The number of aliphatic hydroxyl groups excluding tert-OH is 1. The first-order valence-corrected chi connectivity index (χ1v) is 6.78. The predicted octanol–water partition coefficient (Wildman–Crippen LogP) is 0.800. The summed E-state index contributed by atoms with van der Waals surface area (Å²) in [5, 5.41) is 9.18. The lowest BCUT2D eigenvalue weighted by Crippen LogP contribution is -2.56. The number of rotatable bonds is 6. The number of hydrogen-bond acceptors (Lipinski definition) is 5. The van der Waals surface area contributed by atoms with Crippen LogP contribution in [-0.4, -0.2) is 60.5 Å². The average Bonchev–Trinajstić information content (AvgIpc) is 2.37. The number of morpholine rings is 1. The normalized spacial score (nSPS) is 26.9. The smallest absolute Gasteiger partial charge is 0.323 e. The molecular formula is C13H25NO4. The minimum atomic E-state index is -0.220. The fraction of sp³-hybridized carbons (Fsp3) is 0.923. The minimum absolute atomic E-state index is 0.00904. The van der Waals surface area contributed by atoms with Crippen LogP contribution < -0.4 is 0 Å². The van der Waals surface area contributed by atoms with E-state index < -0.39 is 0 Å². The molecule has 106 valence electrons. The number of ether oxygens (including phenoxy) is 2. The van der Waals surface area contributed by atoms with Crippen LogP contribution in [0.15, 0.2) is 0 Å². The largest absolute Gasteiger partial charge is 0.465 e. The van der Waals surface area contributed by atoms with Crippen LogP contribution in [0.5, 0.6) is 0 Å². The van der Waals surface area contributed by atoms with E-state index in [2.05, 4.69) is 11.8 Å². The van der Waals surface area contributed by atoms with E-state index in [1.165, 1.54) is 0 Å². The van der Waals surface area contributed by atoms with Crippen molar-refractivity contribution in [2.45, 2.75) is 51.8 Å². The van der Waals surface area contributed by atoms with Crippen molar-refractivity contribution < 1.29 is 19.4 Å². The average molecular weight is 259 g/mol. The van der Waals surface area contributed by atoms with Gasteiger partial charge in [0, 0.05) is 12.6 Å². The van der Waals surface area contributed by atoms with Gasteiger partial charge >= 0.3 is 5.97 Å². The molecule has 0 aromatic heterocycles. The Hall–Kier alpha value is -0.650. The van der Waals surface area contributed by atoms with Gasteiger partial charge in [-0.25, -0.2) is 0 Å². The summed E-state index contributed by atoms with van der Waals surface area (Å²) >= 11 is 0. The summed E-state index contributed by atoms with van der Waals surface area (Å²) in [6.07, 6.45) is 1.51. The highest BCUT2D eigenvalue weighted by atomic mass is 16.5. The van der Waals surface area contributed by atoms with Gasteiger partial charge in [-0.1, -0.05) is 13.3 Å². The predicted molar refractivity (Wildman–Crippen MR) is 68.3 cm³/mol. The van der Waals surface area contributed by atoms with Gasteiger partial charge in [-0.3, -0.25) is 9.69 Å². The standard InChI is InChI=1S/C13H25NO4/c1-4-6-12(13(16)17-5-2)14-7-11(8-15)18-9-10(14)3/h10-12,15H,4-9H2,1-3H3. The molecule has 0 saturated carbocycles. The first kappa shape index (κ1) is 15.4. The van der Waals surface area contributed by atoms with Gasteiger partial charge in [0.1, 0.15) is 6.04 Å². The SMILES string of the molecule is CCCC(C(=O)OCC)N1CC(CO)OCC1C. The van der Waals surface area contributed by atoms with Gasteiger partial charge in [0.25, 0.3) is 0 Å². The number of carbonyl (C=O) groups excluding carboxylic acids is 1. The van der Waals surface area contributed by atoms with Crippen molar-refractivity contribution in [2.24, 2.45) is 0 Å². The van der Waals surface area contributed by atoms with Gasteiger partial charge < -0.3 is 14.6 Å². The number of aliphatic hydroxyl groups is 1. The maximum absolute atomic E-state index is 12.0. The van der Waals surface area contributed by atoms with Crippen LogP contribution in [0.1, 0.15) is 33.6 Å². The van der Waals surface area contributed by atoms with E-state index in [-0.39, 0.29) is 30.8 Å². The summed E-state index contributed by atoms with van der Waals surface area (Å²) in [6.45, 7) is 7.44. The highest BCUT2D eigenvalue weighted by Gasteiger charge is 2.35. The maximum Gasteiger partial charge on any atom is 0.323 e. The molecule has 5 heteroatoms. The fourth-order valence-corrected chi connectivity index (χ4v) is 2.31. The molecule has 1 N–H and O–H groups in total. The van der Waals surface area contributed by atoms with Gasteiger partial charge in [-0.05, 0) is 20.3 Å². The molecule has 5 nitrogen and oxygen atoms in total. The van der Waals surface area contributed by atoms with Crippen LogP contribution in [0.25, 0.3) is 0 Å². The number of carbonyl (C=O) groups is 1. The molecule has 1 rings (SSSR count). The molecule has 0 amide bonds. The van der Waals surface area contributed by atoms with Crippen molar-refractivity contribution in [1.82, 2.24) is 4.90 Å². The van der Waals surface area contributed by atoms with Crippen LogP contribution in [0.4, 0.5) is 0 Å². The molecule has 0 bridgehead atoms. The van der Waals surface area contributed by atoms with Crippen LogP contribution in [0.2, 0.25) is 0 Å². The molecule has 3 unspecified atom stereocenters. The molecule has 1 aliphatic rings. The molecule has 1 aliphatic heterocycles. The first-order chi connectivity index (χ1) is 8.63. The topological polar surface area (TPSA) is 59.0 Å². The van der Waals surface area contributed by atoms with Crippen molar-refractivity contribution >= 4 is 5.97 Å². The lowest BCUT2D eigenvalue weighted by molar-refractivity contribution is -0.157. The molecule has 0 spiro atoms. The van der Waals surface area contributed by atoms with Crippen LogP contribution in [0, 0.1) is 0 Å². The molecule has 1 fully saturated rings. The molecule has 1 heterocycles. The highest BCUT2D eigenvalue weighted by molar-refractivity contribution is 5.75. The zero-order valence-corrected chi connectivity index (χ0v) is 11.6. The number of hydrogen-bond donors (Lipinski definition) is 1. The molecule has 0 aliphatic carbocycles. The molecule has 3 atom stereocenters. The Labute approximate surface area is 109 Å². The second-order valence-corrected chi connectivity index (χ2v) is 4.74. The Morgan fingerprint density at radius 2 is 2.28 bits per heavy atom. The Morgan fingerprint density at radius 1 is 1.56 bits per heavy atom. The van der Waals surface area contributed by atoms with E-state index in [1.807, 2.05) is 13.8 Å². The van der Waals surface area contributed by atoms with Crippen LogP contribution >= 0.6 is 0 Å². The van der Waals surface area contributed by atoms with Crippen molar-refractivity contribution in [3.8, 4) is 0 Å². The molecule has 0 aromatic rings. The highest BCUT2D eigenvalue weighted by Crippen LogP contribution is 2.19. The number of nitrogens with zero attached hydrogens (tertiary/aromatic N) is 1. The molecular weight excluding hydrogens is 234 g/mol. The van der Waals surface area contributed by atoms with Crippen LogP contribution in [-0.2, 0) is 14.3 Å². The molecule has 18 heavy (non-hydrogen) atoms. The van der Waals surface area contributed by atoms with E-state index in [1.54, 1.807) is 0 Å². The third-order valence-corrected chi connectivity index (χ3v) is 3.28. The van der Waals surface area contributed by atoms with E-state index in [4.69, 9.17) is 9.47 Å². The van der Waals surface area contributed by atoms with Crippen LogP contribution in [0.3, 0.4) is 0 Å². The zero-order valence-electron chi connectivity index (χ0n) is 11.6. The Balaban J connectivity index is 2.72. The van der Waals surface area contributed by atoms with Gasteiger partial charge in [0.15, 0.2) is 0 Å². The summed E-state index contributed by atoms with van der Waals surface area (Å²) in [4.78, 5) is 14.1. The summed E-state index contributed by atoms with van der Waals surface area (Å²) in [5.41, 5.74) is 0.